The molecule has 0 bridgehead atoms. The smallest absolute Gasteiger partial charge is 0.250 e. The number of carbonyl (C=O) groups is 1. The van der Waals surface area contributed by atoms with Gasteiger partial charge in [0, 0.05) is 12.0 Å². The molecular weight excluding hydrogens is 272 g/mol. The zero-order chi connectivity index (χ0) is 15.1. The zero-order valence-electron chi connectivity index (χ0n) is 12.5. The average Bonchev–Trinajstić information content (AvgIpc) is 2.94. The molecule has 4 rings (SSSR count). The lowest BCUT2D eigenvalue weighted by atomic mass is 9.79. The Morgan fingerprint density at radius 1 is 1.05 bits per heavy atom. The average molecular weight is 292 g/mol. The van der Waals surface area contributed by atoms with Gasteiger partial charge >= 0.3 is 0 Å². The van der Waals surface area contributed by atoms with Crippen molar-refractivity contribution in [1.29, 1.82) is 0 Å². The highest BCUT2D eigenvalue weighted by Crippen LogP contribution is 2.49. The van der Waals surface area contributed by atoms with E-state index in [2.05, 4.69) is 35.6 Å². The van der Waals surface area contributed by atoms with Crippen molar-refractivity contribution in [3.05, 3.63) is 53.6 Å². The molecule has 0 spiro atoms. The number of benzene rings is 2. The predicted molar refractivity (Wildman–Crippen MR) is 89.0 cm³/mol. The molecule has 2 aliphatic rings. The van der Waals surface area contributed by atoms with Gasteiger partial charge in [0.1, 0.15) is 0 Å². The van der Waals surface area contributed by atoms with Crippen LogP contribution in [0.5, 0.6) is 0 Å². The molecule has 2 aromatic carbocycles. The van der Waals surface area contributed by atoms with E-state index in [0.29, 0.717) is 17.5 Å². The number of hydrogen-bond acceptors (Lipinski definition) is 2. The summed E-state index contributed by atoms with van der Waals surface area (Å²) >= 11 is 0. The molecule has 0 radical (unpaired) electrons. The molecule has 0 saturated heterocycles. The third-order valence-corrected chi connectivity index (χ3v) is 5.06. The van der Waals surface area contributed by atoms with E-state index in [4.69, 9.17) is 5.73 Å². The minimum absolute atomic E-state index is 0.345. The lowest BCUT2D eigenvalue weighted by Crippen LogP contribution is -2.24. The molecule has 1 aliphatic heterocycles. The number of amides is 1. The monoisotopic (exact) mass is 292 g/mol. The highest BCUT2D eigenvalue weighted by molar-refractivity contribution is 6.01. The number of primary amides is 1. The Labute approximate surface area is 130 Å². The Balaban J connectivity index is 1.92. The first-order chi connectivity index (χ1) is 10.8. The summed E-state index contributed by atoms with van der Waals surface area (Å²) in [4.78, 5) is 11.8. The third kappa shape index (κ3) is 2.00. The Kier molecular flexibility index (Phi) is 3.14. The first-order valence-electron chi connectivity index (χ1n) is 8.04. The summed E-state index contributed by atoms with van der Waals surface area (Å²) in [5.41, 5.74) is 10.9. The highest BCUT2D eigenvalue weighted by atomic mass is 16.1. The number of rotatable bonds is 2. The van der Waals surface area contributed by atoms with Gasteiger partial charge in [0.05, 0.1) is 11.3 Å². The van der Waals surface area contributed by atoms with Crippen LogP contribution in [0.3, 0.4) is 0 Å². The van der Waals surface area contributed by atoms with E-state index in [-0.39, 0.29) is 5.91 Å². The van der Waals surface area contributed by atoms with Crippen molar-refractivity contribution in [2.24, 2.45) is 5.73 Å². The molecule has 2 unspecified atom stereocenters. The van der Waals surface area contributed by atoms with Gasteiger partial charge in [0.15, 0.2) is 0 Å². The van der Waals surface area contributed by atoms with E-state index in [1.807, 2.05) is 12.1 Å². The second-order valence-corrected chi connectivity index (χ2v) is 6.32. The molecule has 1 amide bonds. The maximum atomic E-state index is 11.8. The maximum absolute atomic E-state index is 11.8. The van der Waals surface area contributed by atoms with Crippen LogP contribution in [0, 0.1) is 0 Å². The molecule has 2 atom stereocenters. The number of carbonyl (C=O) groups excluding carboxylic acids is 1. The number of anilines is 1. The van der Waals surface area contributed by atoms with Gasteiger partial charge in [-0.05, 0) is 35.6 Å². The number of nitrogens with two attached hydrogens (primary N) is 1. The maximum Gasteiger partial charge on any atom is 0.250 e. The lowest BCUT2D eigenvalue weighted by Gasteiger charge is -2.26. The SMILES string of the molecule is NC(=O)c1ccc(-c2ccccc2)c2c1NC1CCCCC21. The van der Waals surface area contributed by atoms with Gasteiger partial charge in [-0.1, -0.05) is 49.2 Å². The van der Waals surface area contributed by atoms with Crippen LogP contribution in [0.2, 0.25) is 0 Å². The van der Waals surface area contributed by atoms with Crippen LogP contribution < -0.4 is 11.1 Å². The lowest BCUT2D eigenvalue weighted by molar-refractivity contribution is 0.100. The molecule has 112 valence electrons. The Hall–Kier alpha value is -2.29. The topological polar surface area (TPSA) is 55.1 Å². The summed E-state index contributed by atoms with van der Waals surface area (Å²) in [6, 6.07) is 14.8. The first kappa shape index (κ1) is 13.4. The van der Waals surface area contributed by atoms with E-state index in [1.165, 1.54) is 42.4 Å². The van der Waals surface area contributed by atoms with Crippen molar-refractivity contribution in [2.45, 2.75) is 37.6 Å². The minimum atomic E-state index is -0.345. The summed E-state index contributed by atoms with van der Waals surface area (Å²) < 4.78 is 0. The number of hydrogen-bond donors (Lipinski definition) is 2. The van der Waals surface area contributed by atoms with Crippen molar-refractivity contribution < 1.29 is 4.79 Å². The van der Waals surface area contributed by atoms with Crippen LogP contribution in [-0.2, 0) is 0 Å². The van der Waals surface area contributed by atoms with Gasteiger partial charge in [0.25, 0.3) is 5.91 Å². The van der Waals surface area contributed by atoms with E-state index in [9.17, 15) is 4.79 Å². The molecule has 2 aromatic rings. The van der Waals surface area contributed by atoms with E-state index >= 15 is 0 Å². The largest absolute Gasteiger partial charge is 0.381 e. The van der Waals surface area contributed by atoms with Crippen molar-refractivity contribution in [3.63, 3.8) is 0 Å². The van der Waals surface area contributed by atoms with Gasteiger partial charge in [-0.15, -0.1) is 0 Å². The number of fused-ring (bicyclic) bond motifs is 3. The zero-order valence-corrected chi connectivity index (χ0v) is 12.5. The Morgan fingerprint density at radius 3 is 2.59 bits per heavy atom. The summed E-state index contributed by atoms with van der Waals surface area (Å²) in [5.74, 6) is 0.153. The molecule has 1 heterocycles. The van der Waals surface area contributed by atoms with Gasteiger partial charge in [-0.25, -0.2) is 0 Å². The van der Waals surface area contributed by atoms with Crippen LogP contribution in [0.15, 0.2) is 42.5 Å². The van der Waals surface area contributed by atoms with Gasteiger partial charge in [-0.3, -0.25) is 4.79 Å². The summed E-state index contributed by atoms with van der Waals surface area (Å²) in [6.45, 7) is 0. The van der Waals surface area contributed by atoms with Gasteiger partial charge in [-0.2, -0.15) is 0 Å². The van der Waals surface area contributed by atoms with Crippen molar-refractivity contribution in [2.75, 3.05) is 5.32 Å². The molecule has 3 N–H and O–H groups in total. The van der Waals surface area contributed by atoms with Crippen molar-refractivity contribution in [1.82, 2.24) is 0 Å². The van der Waals surface area contributed by atoms with Crippen LogP contribution >= 0.6 is 0 Å². The molecule has 3 heteroatoms. The quantitative estimate of drug-likeness (QED) is 0.882. The Bertz CT molecular complexity index is 724. The summed E-state index contributed by atoms with van der Waals surface area (Å²) in [5, 5.41) is 3.60. The molecule has 0 aromatic heterocycles. The normalized spacial score (nSPS) is 22.5. The fourth-order valence-electron chi connectivity index (χ4n) is 4.07. The summed E-state index contributed by atoms with van der Waals surface area (Å²) in [7, 11) is 0. The summed E-state index contributed by atoms with van der Waals surface area (Å²) in [6.07, 6.45) is 4.88. The van der Waals surface area contributed by atoms with Crippen molar-refractivity contribution in [3.8, 4) is 11.1 Å². The standard InChI is InChI=1S/C19H20N2O/c20-19(22)15-11-10-13(12-6-2-1-3-7-12)17-14-8-4-5-9-16(14)21-18(15)17/h1-3,6-7,10-11,14,16,21H,4-5,8-9H2,(H2,20,22). The molecule has 1 saturated carbocycles. The minimum Gasteiger partial charge on any atom is -0.381 e. The molecule has 3 nitrogen and oxygen atoms in total. The fraction of sp³-hybridized carbons (Fsp3) is 0.316. The fourth-order valence-corrected chi connectivity index (χ4v) is 4.07. The van der Waals surface area contributed by atoms with Crippen LogP contribution in [0.4, 0.5) is 5.69 Å². The second kappa shape index (κ2) is 5.16. The third-order valence-electron chi connectivity index (χ3n) is 5.06. The van der Waals surface area contributed by atoms with E-state index in [0.717, 1.165) is 5.69 Å². The van der Waals surface area contributed by atoms with E-state index in [1.54, 1.807) is 0 Å². The molecular formula is C19H20N2O. The van der Waals surface area contributed by atoms with Crippen LogP contribution in [0.1, 0.15) is 47.5 Å². The van der Waals surface area contributed by atoms with Gasteiger partial charge in [0.2, 0.25) is 0 Å². The first-order valence-corrected chi connectivity index (χ1v) is 8.04. The van der Waals surface area contributed by atoms with E-state index < -0.39 is 0 Å². The van der Waals surface area contributed by atoms with Crippen LogP contribution in [-0.4, -0.2) is 11.9 Å². The molecule has 1 aliphatic carbocycles. The van der Waals surface area contributed by atoms with Gasteiger partial charge < -0.3 is 11.1 Å². The molecule has 1 fully saturated rings. The highest BCUT2D eigenvalue weighted by Gasteiger charge is 2.37. The predicted octanol–water partition coefficient (Wildman–Crippen LogP) is 3.90. The van der Waals surface area contributed by atoms with Crippen LogP contribution in [0.25, 0.3) is 11.1 Å². The van der Waals surface area contributed by atoms with Crippen molar-refractivity contribution >= 4 is 11.6 Å². The second-order valence-electron chi connectivity index (χ2n) is 6.32. The Morgan fingerprint density at radius 2 is 1.82 bits per heavy atom. The molecule has 22 heavy (non-hydrogen) atoms. The number of nitrogens with one attached hydrogen (secondary N) is 1.